The maximum absolute atomic E-state index is 12.0. The summed E-state index contributed by atoms with van der Waals surface area (Å²) in [5.74, 6) is 0.799. The standard InChI is InChI=1S/C22H33N3O3/c1-5-19-10-12-20(13-11-19)28-22(3,4)16-18(2)25-21(26)24-14-8-6-7-9-15-27-17-23/h5,10-13,18H,1,6-9,14-16H2,2-4H3,(H2,24,25,26). The molecule has 0 fully saturated rings. The lowest BCUT2D eigenvalue weighted by Gasteiger charge is -2.30. The molecule has 0 saturated carbocycles. The summed E-state index contributed by atoms with van der Waals surface area (Å²) in [5, 5.41) is 14.1. The highest BCUT2D eigenvalue weighted by Gasteiger charge is 2.24. The average Bonchev–Trinajstić information content (AvgIpc) is 2.63. The normalized spacial score (nSPS) is 11.8. The molecule has 0 bridgehead atoms. The topological polar surface area (TPSA) is 83.4 Å². The number of hydrogen-bond acceptors (Lipinski definition) is 4. The van der Waals surface area contributed by atoms with Crippen LogP contribution >= 0.6 is 0 Å². The third-order valence-corrected chi connectivity index (χ3v) is 4.21. The fraction of sp³-hybridized carbons (Fsp3) is 0.545. The summed E-state index contributed by atoms with van der Waals surface area (Å²) >= 11 is 0. The van der Waals surface area contributed by atoms with Crippen LogP contribution < -0.4 is 15.4 Å². The monoisotopic (exact) mass is 387 g/mol. The van der Waals surface area contributed by atoms with Crippen LogP contribution in [-0.4, -0.2) is 30.8 Å². The van der Waals surface area contributed by atoms with Gasteiger partial charge < -0.3 is 20.1 Å². The number of hydrogen-bond donors (Lipinski definition) is 2. The molecule has 1 aromatic carbocycles. The van der Waals surface area contributed by atoms with Gasteiger partial charge in [0.2, 0.25) is 0 Å². The van der Waals surface area contributed by atoms with E-state index in [0.29, 0.717) is 19.6 Å². The molecule has 1 aromatic rings. The minimum absolute atomic E-state index is 0.0226. The number of carbonyl (C=O) groups is 1. The first-order valence-corrected chi connectivity index (χ1v) is 9.83. The molecule has 1 unspecified atom stereocenters. The highest BCUT2D eigenvalue weighted by atomic mass is 16.5. The number of carbonyl (C=O) groups excluding carboxylic acids is 1. The second-order valence-electron chi connectivity index (χ2n) is 7.49. The quantitative estimate of drug-likeness (QED) is 0.382. The van der Waals surface area contributed by atoms with Gasteiger partial charge in [-0.1, -0.05) is 31.2 Å². The third kappa shape index (κ3) is 10.5. The van der Waals surface area contributed by atoms with Crippen LogP contribution in [0.1, 0.15) is 58.4 Å². The van der Waals surface area contributed by atoms with Crippen LogP contribution in [0.5, 0.6) is 5.75 Å². The minimum Gasteiger partial charge on any atom is -0.488 e. The van der Waals surface area contributed by atoms with E-state index in [9.17, 15) is 4.79 Å². The Morgan fingerprint density at radius 1 is 1.25 bits per heavy atom. The number of nitrogens with one attached hydrogen (secondary N) is 2. The molecule has 0 heterocycles. The summed E-state index contributed by atoms with van der Waals surface area (Å²) in [7, 11) is 0. The molecule has 154 valence electrons. The molecule has 0 radical (unpaired) electrons. The molecule has 0 aliphatic heterocycles. The average molecular weight is 388 g/mol. The summed E-state index contributed by atoms with van der Waals surface area (Å²) < 4.78 is 10.7. The first-order chi connectivity index (χ1) is 13.4. The molecule has 6 nitrogen and oxygen atoms in total. The third-order valence-electron chi connectivity index (χ3n) is 4.21. The van der Waals surface area contributed by atoms with Crippen molar-refractivity contribution >= 4 is 12.1 Å². The molecule has 0 aromatic heterocycles. The summed E-state index contributed by atoms with van der Waals surface area (Å²) in [4.78, 5) is 12.0. The van der Waals surface area contributed by atoms with Gasteiger partial charge in [0, 0.05) is 19.0 Å². The zero-order chi connectivity index (χ0) is 20.8. The smallest absolute Gasteiger partial charge is 0.314 e. The Labute approximate surface area is 168 Å². The van der Waals surface area contributed by atoms with E-state index in [2.05, 4.69) is 21.9 Å². The fourth-order valence-corrected chi connectivity index (χ4v) is 3.00. The number of ether oxygens (including phenoxy) is 2. The highest BCUT2D eigenvalue weighted by Crippen LogP contribution is 2.23. The van der Waals surface area contributed by atoms with Crippen molar-refractivity contribution in [1.29, 1.82) is 5.26 Å². The van der Waals surface area contributed by atoms with E-state index in [4.69, 9.17) is 10.00 Å². The van der Waals surface area contributed by atoms with Crippen LogP contribution in [0, 0.1) is 11.5 Å². The summed E-state index contributed by atoms with van der Waals surface area (Å²) in [6, 6.07) is 7.59. The van der Waals surface area contributed by atoms with Crippen molar-refractivity contribution in [1.82, 2.24) is 10.6 Å². The molecule has 28 heavy (non-hydrogen) atoms. The molecule has 1 rings (SSSR count). The lowest BCUT2D eigenvalue weighted by molar-refractivity contribution is 0.0898. The SMILES string of the molecule is C=Cc1ccc(OC(C)(C)CC(C)NC(=O)NCCCCCCOC#N)cc1. The van der Waals surface area contributed by atoms with Gasteiger partial charge in [0.05, 0.1) is 0 Å². The van der Waals surface area contributed by atoms with Crippen LogP contribution in [0.15, 0.2) is 30.8 Å². The predicted molar refractivity (Wildman–Crippen MR) is 112 cm³/mol. The van der Waals surface area contributed by atoms with Crippen molar-refractivity contribution in [2.75, 3.05) is 13.2 Å². The van der Waals surface area contributed by atoms with Crippen LogP contribution in [0.25, 0.3) is 6.08 Å². The van der Waals surface area contributed by atoms with Crippen molar-refractivity contribution in [3.63, 3.8) is 0 Å². The molecular formula is C22H33N3O3. The lowest BCUT2D eigenvalue weighted by atomic mass is 9.99. The van der Waals surface area contributed by atoms with Crippen molar-refractivity contribution in [3.05, 3.63) is 36.4 Å². The number of amides is 2. The predicted octanol–water partition coefficient (Wildman–Crippen LogP) is 4.62. The molecule has 1 atom stereocenters. The molecule has 0 aliphatic carbocycles. The van der Waals surface area contributed by atoms with Crippen molar-refractivity contribution in [2.24, 2.45) is 0 Å². The maximum Gasteiger partial charge on any atom is 0.314 e. The van der Waals surface area contributed by atoms with Gasteiger partial charge in [-0.2, -0.15) is 5.26 Å². The first-order valence-electron chi connectivity index (χ1n) is 9.83. The fourth-order valence-electron chi connectivity index (χ4n) is 3.00. The molecule has 6 heteroatoms. The first kappa shape index (κ1) is 23.4. The Morgan fingerprint density at radius 3 is 2.57 bits per heavy atom. The Morgan fingerprint density at radius 2 is 1.93 bits per heavy atom. The van der Waals surface area contributed by atoms with Gasteiger partial charge in [-0.05, 0) is 57.7 Å². The van der Waals surface area contributed by atoms with Crippen LogP contribution in [0.4, 0.5) is 4.79 Å². The summed E-state index contributed by atoms with van der Waals surface area (Å²) in [6.45, 7) is 10.9. The zero-order valence-corrected chi connectivity index (χ0v) is 17.3. The van der Waals surface area contributed by atoms with Crippen LogP contribution in [0.2, 0.25) is 0 Å². The zero-order valence-electron chi connectivity index (χ0n) is 17.3. The molecule has 2 N–H and O–H groups in total. The number of nitriles is 1. The number of rotatable bonds is 13. The van der Waals surface area contributed by atoms with Gasteiger partial charge in [0.1, 0.15) is 18.0 Å². The number of unbranched alkanes of at least 4 members (excludes halogenated alkanes) is 3. The van der Waals surface area contributed by atoms with Crippen molar-refractivity contribution < 1.29 is 14.3 Å². The van der Waals surface area contributed by atoms with Gasteiger partial charge >= 0.3 is 6.03 Å². The van der Waals surface area contributed by atoms with Gasteiger partial charge in [-0.15, -0.1) is 0 Å². The Hall–Kier alpha value is -2.68. The van der Waals surface area contributed by atoms with Gasteiger partial charge in [0.15, 0.2) is 0 Å². The van der Waals surface area contributed by atoms with Crippen molar-refractivity contribution in [3.8, 4) is 12.0 Å². The molecule has 0 aliphatic rings. The van der Waals surface area contributed by atoms with E-state index in [-0.39, 0.29) is 12.1 Å². The molecule has 0 saturated heterocycles. The molecule has 2 amide bonds. The van der Waals surface area contributed by atoms with E-state index < -0.39 is 5.60 Å². The van der Waals surface area contributed by atoms with E-state index in [0.717, 1.165) is 37.0 Å². The van der Waals surface area contributed by atoms with E-state index in [1.54, 1.807) is 12.3 Å². The summed E-state index contributed by atoms with van der Waals surface area (Å²) in [5.41, 5.74) is 0.640. The van der Waals surface area contributed by atoms with Crippen LogP contribution in [0.3, 0.4) is 0 Å². The van der Waals surface area contributed by atoms with E-state index >= 15 is 0 Å². The van der Waals surface area contributed by atoms with Crippen molar-refractivity contribution in [2.45, 2.75) is 64.5 Å². The highest BCUT2D eigenvalue weighted by molar-refractivity contribution is 5.74. The number of nitrogens with zero attached hydrogens (tertiary/aromatic N) is 1. The maximum atomic E-state index is 12.0. The largest absolute Gasteiger partial charge is 0.488 e. The Kier molecular flexibility index (Phi) is 10.6. The van der Waals surface area contributed by atoms with Crippen LogP contribution in [-0.2, 0) is 4.74 Å². The Balaban J connectivity index is 2.23. The lowest BCUT2D eigenvalue weighted by Crippen LogP contribution is -2.45. The van der Waals surface area contributed by atoms with Gasteiger partial charge in [-0.25, -0.2) is 4.79 Å². The second-order valence-corrected chi connectivity index (χ2v) is 7.49. The summed E-state index contributed by atoms with van der Waals surface area (Å²) in [6.07, 6.45) is 7.89. The second kappa shape index (κ2) is 12.7. The van der Waals surface area contributed by atoms with E-state index in [1.807, 2.05) is 45.0 Å². The van der Waals surface area contributed by atoms with Gasteiger partial charge in [0.25, 0.3) is 6.26 Å². The number of urea groups is 1. The number of benzene rings is 1. The molecule has 0 spiro atoms. The van der Waals surface area contributed by atoms with E-state index in [1.165, 1.54) is 0 Å². The minimum atomic E-state index is -0.409. The molecular weight excluding hydrogens is 354 g/mol. The van der Waals surface area contributed by atoms with Gasteiger partial charge in [-0.3, -0.25) is 0 Å². The Bertz CT molecular complexity index is 635.